The zero-order chi connectivity index (χ0) is 12.3. The highest BCUT2D eigenvalue weighted by atomic mass is 16.5. The third-order valence-electron chi connectivity index (χ3n) is 3.52. The van der Waals surface area contributed by atoms with Gasteiger partial charge in [-0.05, 0) is 59.2 Å². The molecule has 0 unspecified atom stereocenters. The Hall–Kier alpha value is -0.0800. The topological polar surface area (TPSA) is 12.5 Å². The summed E-state index contributed by atoms with van der Waals surface area (Å²) in [6.07, 6.45) is 11.5. The van der Waals surface area contributed by atoms with Gasteiger partial charge in [-0.2, -0.15) is 0 Å². The highest BCUT2D eigenvalue weighted by Crippen LogP contribution is 2.11. The van der Waals surface area contributed by atoms with E-state index in [4.69, 9.17) is 4.74 Å². The molecule has 1 aliphatic heterocycles. The predicted octanol–water partition coefficient (Wildman–Crippen LogP) is 3.85. The molecule has 0 aromatic rings. The summed E-state index contributed by atoms with van der Waals surface area (Å²) in [4.78, 5) is 2.64. The fourth-order valence-electron chi connectivity index (χ4n) is 2.47. The second kappa shape index (κ2) is 9.90. The maximum Gasteiger partial charge on any atom is 0.0518 e. The Morgan fingerprint density at radius 2 is 1.53 bits per heavy atom. The number of hydrogen-bond acceptors (Lipinski definition) is 2. The van der Waals surface area contributed by atoms with E-state index in [2.05, 4.69) is 18.7 Å². The molecule has 0 aliphatic carbocycles. The second-order valence-electron chi connectivity index (χ2n) is 5.59. The Labute approximate surface area is 108 Å². The quantitative estimate of drug-likeness (QED) is 0.569. The standard InChI is InChI=1S/C15H31NO/c1-15(2)17-14-10-5-3-4-7-11-16-12-8-6-9-13-16/h15H,3-14H2,1-2H3. The summed E-state index contributed by atoms with van der Waals surface area (Å²) < 4.78 is 5.54. The van der Waals surface area contributed by atoms with Crippen LogP contribution in [-0.4, -0.2) is 37.2 Å². The van der Waals surface area contributed by atoms with Crippen LogP contribution in [-0.2, 0) is 4.74 Å². The molecule has 2 heteroatoms. The predicted molar refractivity (Wildman–Crippen MR) is 74.5 cm³/mol. The molecule has 17 heavy (non-hydrogen) atoms. The van der Waals surface area contributed by atoms with Gasteiger partial charge in [-0.3, -0.25) is 0 Å². The molecule has 0 saturated carbocycles. The molecule has 0 radical (unpaired) electrons. The van der Waals surface area contributed by atoms with Gasteiger partial charge in [-0.25, -0.2) is 0 Å². The average Bonchev–Trinajstić information content (AvgIpc) is 2.33. The molecular formula is C15H31NO. The summed E-state index contributed by atoms with van der Waals surface area (Å²) in [6, 6.07) is 0. The van der Waals surface area contributed by atoms with Crippen molar-refractivity contribution in [2.75, 3.05) is 26.2 Å². The fraction of sp³-hybridized carbons (Fsp3) is 1.00. The third-order valence-corrected chi connectivity index (χ3v) is 3.52. The Kier molecular flexibility index (Phi) is 8.72. The van der Waals surface area contributed by atoms with Gasteiger partial charge in [-0.1, -0.05) is 25.7 Å². The first kappa shape index (κ1) is 15.0. The smallest absolute Gasteiger partial charge is 0.0518 e. The average molecular weight is 241 g/mol. The van der Waals surface area contributed by atoms with Gasteiger partial charge in [0.15, 0.2) is 0 Å². The van der Waals surface area contributed by atoms with E-state index in [1.807, 2.05) is 0 Å². The molecule has 1 aliphatic rings. The van der Waals surface area contributed by atoms with Crippen molar-refractivity contribution in [2.24, 2.45) is 0 Å². The highest BCUT2D eigenvalue weighted by Gasteiger charge is 2.08. The number of nitrogens with zero attached hydrogens (tertiary/aromatic N) is 1. The number of hydrogen-bond donors (Lipinski definition) is 0. The molecule has 0 aromatic heterocycles. The number of rotatable bonds is 9. The van der Waals surface area contributed by atoms with Crippen LogP contribution in [0.3, 0.4) is 0 Å². The largest absolute Gasteiger partial charge is 0.379 e. The second-order valence-corrected chi connectivity index (χ2v) is 5.59. The van der Waals surface area contributed by atoms with Crippen LogP contribution in [0.25, 0.3) is 0 Å². The molecular weight excluding hydrogens is 210 g/mol. The normalized spacial score (nSPS) is 17.8. The minimum absolute atomic E-state index is 0.397. The lowest BCUT2D eigenvalue weighted by Crippen LogP contribution is -2.30. The van der Waals surface area contributed by atoms with Crippen LogP contribution in [0, 0.1) is 0 Å². The first-order chi connectivity index (χ1) is 8.29. The van der Waals surface area contributed by atoms with E-state index in [0.717, 1.165) is 6.61 Å². The molecule has 0 spiro atoms. The summed E-state index contributed by atoms with van der Waals surface area (Å²) >= 11 is 0. The summed E-state index contributed by atoms with van der Waals surface area (Å²) in [5.41, 5.74) is 0. The van der Waals surface area contributed by atoms with Gasteiger partial charge in [0, 0.05) is 6.61 Å². The van der Waals surface area contributed by atoms with E-state index in [1.54, 1.807) is 0 Å². The Morgan fingerprint density at radius 1 is 0.882 bits per heavy atom. The molecule has 2 nitrogen and oxygen atoms in total. The monoisotopic (exact) mass is 241 g/mol. The zero-order valence-electron chi connectivity index (χ0n) is 11.9. The Balaban J connectivity index is 1.78. The van der Waals surface area contributed by atoms with Crippen molar-refractivity contribution >= 4 is 0 Å². The van der Waals surface area contributed by atoms with Gasteiger partial charge < -0.3 is 9.64 Å². The van der Waals surface area contributed by atoms with Crippen molar-refractivity contribution in [1.82, 2.24) is 4.90 Å². The summed E-state index contributed by atoms with van der Waals surface area (Å²) in [5, 5.41) is 0. The highest BCUT2D eigenvalue weighted by molar-refractivity contribution is 4.64. The van der Waals surface area contributed by atoms with E-state index >= 15 is 0 Å². The van der Waals surface area contributed by atoms with Gasteiger partial charge >= 0.3 is 0 Å². The molecule has 102 valence electrons. The number of piperidine rings is 1. The lowest BCUT2D eigenvalue weighted by atomic mass is 10.1. The fourth-order valence-corrected chi connectivity index (χ4v) is 2.47. The number of likely N-dealkylation sites (tertiary alicyclic amines) is 1. The molecule has 0 amide bonds. The molecule has 1 rings (SSSR count). The molecule has 0 aromatic carbocycles. The minimum atomic E-state index is 0.397. The van der Waals surface area contributed by atoms with Crippen LogP contribution < -0.4 is 0 Å². The van der Waals surface area contributed by atoms with E-state index < -0.39 is 0 Å². The number of ether oxygens (including phenoxy) is 1. The van der Waals surface area contributed by atoms with E-state index in [1.165, 1.54) is 71.0 Å². The van der Waals surface area contributed by atoms with Crippen LogP contribution in [0.2, 0.25) is 0 Å². The van der Waals surface area contributed by atoms with Crippen LogP contribution >= 0.6 is 0 Å². The first-order valence-corrected chi connectivity index (χ1v) is 7.63. The maximum atomic E-state index is 5.54. The lowest BCUT2D eigenvalue weighted by molar-refractivity contribution is 0.0756. The van der Waals surface area contributed by atoms with Gasteiger partial charge in [-0.15, -0.1) is 0 Å². The molecule has 0 N–H and O–H groups in total. The summed E-state index contributed by atoms with van der Waals surface area (Å²) in [7, 11) is 0. The van der Waals surface area contributed by atoms with E-state index in [0.29, 0.717) is 6.10 Å². The minimum Gasteiger partial charge on any atom is -0.379 e. The molecule has 1 fully saturated rings. The van der Waals surface area contributed by atoms with Gasteiger partial charge in [0.1, 0.15) is 0 Å². The Bertz CT molecular complexity index is 164. The SMILES string of the molecule is CC(C)OCCCCCCCN1CCCCC1. The van der Waals surface area contributed by atoms with E-state index in [9.17, 15) is 0 Å². The third kappa shape index (κ3) is 8.62. The number of unbranched alkanes of at least 4 members (excludes halogenated alkanes) is 4. The molecule has 0 bridgehead atoms. The van der Waals surface area contributed by atoms with Gasteiger partial charge in [0.05, 0.1) is 6.10 Å². The van der Waals surface area contributed by atoms with Crippen LogP contribution in [0.15, 0.2) is 0 Å². The summed E-state index contributed by atoms with van der Waals surface area (Å²) in [5.74, 6) is 0. The van der Waals surface area contributed by atoms with Crippen molar-refractivity contribution in [3.8, 4) is 0 Å². The lowest BCUT2D eigenvalue weighted by Gasteiger charge is -2.26. The van der Waals surface area contributed by atoms with Crippen molar-refractivity contribution in [3.05, 3.63) is 0 Å². The van der Waals surface area contributed by atoms with Crippen LogP contribution in [0.5, 0.6) is 0 Å². The van der Waals surface area contributed by atoms with Gasteiger partial charge in [0.2, 0.25) is 0 Å². The Morgan fingerprint density at radius 3 is 2.24 bits per heavy atom. The van der Waals surface area contributed by atoms with Crippen molar-refractivity contribution in [3.63, 3.8) is 0 Å². The van der Waals surface area contributed by atoms with Crippen LogP contribution in [0.1, 0.15) is 65.2 Å². The molecule has 1 saturated heterocycles. The molecule has 1 heterocycles. The van der Waals surface area contributed by atoms with E-state index in [-0.39, 0.29) is 0 Å². The van der Waals surface area contributed by atoms with Crippen molar-refractivity contribution in [1.29, 1.82) is 0 Å². The first-order valence-electron chi connectivity index (χ1n) is 7.63. The zero-order valence-corrected chi connectivity index (χ0v) is 11.9. The molecule has 0 atom stereocenters. The van der Waals surface area contributed by atoms with Crippen LogP contribution in [0.4, 0.5) is 0 Å². The maximum absolute atomic E-state index is 5.54. The van der Waals surface area contributed by atoms with Gasteiger partial charge in [0.25, 0.3) is 0 Å². The summed E-state index contributed by atoms with van der Waals surface area (Å²) in [6.45, 7) is 9.20. The van der Waals surface area contributed by atoms with Crippen molar-refractivity contribution in [2.45, 2.75) is 71.3 Å². The van der Waals surface area contributed by atoms with Crippen molar-refractivity contribution < 1.29 is 4.74 Å².